The lowest BCUT2D eigenvalue weighted by molar-refractivity contribution is -0.167. The zero-order valence-electron chi connectivity index (χ0n) is 50.0. The van der Waals surface area contributed by atoms with Crippen LogP contribution in [0.15, 0.2) is 97.2 Å². The predicted molar refractivity (Wildman–Crippen MR) is 330 cm³/mol. The fourth-order valence-electron chi connectivity index (χ4n) is 9.03. The summed E-state index contributed by atoms with van der Waals surface area (Å²) in [6, 6.07) is 0. The van der Waals surface area contributed by atoms with Crippen LogP contribution in [0, 0.1) is 0 Å². The number of carbonyl (C=O) groups is 3. The number of allylic oxidation sites excluding steroid dienone is 16. The van der Waals surface area contributed by atoms with Crippen molar-refractivity contribution in [1.29, 1.82) is 0 Å². The SMILES string of the molecule is CC/C=C\C/C=C\C/C=C\C/C=C\CCCCCCCCCCCCCCCCCCC(=O)OCC(COC(=O)CCCCCCC/C=C\CCCCCCC)OC(=O)CCCCCCC/C=C\C/C=C\C/C=C\CC. The highest BCUT2D eigenvalue weighted by Gasteiger charge is 2.19. The van der Waals surface area contributed by atoms with Crippen LogP contribution in [0.3, 0.4) is 0 Å². The molecule has 0 aliphatic rings. The van der Waals surface area contributed by atoms with E-state index < -0.39 is 6.10 Å². The Morgan fingerprint density at radius 2 is 0.513 bits per heavy atom. The molecule has 0 heterocycles. The molecular weight excluding hydrogens is 937 g/mol. The highest BCUT2D eigenvalue weighted by molar-refractivity contribution is 5.71. The van der Waals surface area contributed by atoms with Gasteiger partial charge in [0.05, 0.1) is 0 Å². The van der Waals surface area contributed by atoms with Gasteiger partial charge >= 0.3 is 17.9 Å². The molecule has 76 heavy (non-hydrogen) atoms. The molecule has 0 aromatic heterocycles. The van der Waals surface area contributed by atoms with Gasteiger partial charge in [-0.15, -0.1) is 0 Å². The number of hydrogen-bond donors (Lipinski definition) is 0. The van der Waals surface area contributed by atoms with E-state index in [4.69, 9.17) is 14.2 Å². The van der Waals surface area contributed by atoms with Crippen LogP contribution < -0.4 is 0 Å². The summed E-state index contributed by atoms with van der Waals surface area (Å²) in [5, 5.41) is 0. The van der Waals surface area contributed by atoms with Crippen molar-refractivity contribution in [3.05, 3.63) is 97.2 Å². The topological polar surface area (TPSA) is 78.9 Å². The van der Waals surface area contributed by atoms with Crippen LogP contribution in [0.4, 0.5) is 0 Å². The van der Waals surface area contributed by atoms with Crippen LogP contribution in [0.2, 0.25) is 0 Å². The van der Waals surface area contributed by atoms with E-state index >= 15 is 0 Å². The lowest BCUT2D eigenvalue weighted by Gasteiger charge is -2.18. The Morgan fingerprint density at radius 1 is 0.276 bits per heavy atom. The van der Waals surface area contributed by atoms with E-state index in [-0.39, 0.29) is 31.1 Å². The highest BCUT2D eigenvalue weighted by atomic mass is 16.6. The zero-order valence-corrected chi connectivity index (χ0v) is 50.0. The van der Waals surface area contributed by atoms with Crippen LogP contribution in [-0.4, -0.2) is 37.2 Å². The fraction of sp³-hybridized carbons (Fsp3) is 0.729. The Kier molecular flexibility index (Phi) is 60.8. The molecule has 0 amide bonds. The number of hydrogen-bond acceptors (Lipinski definition) is 6. The largest absolute Gasteiger partial charge is 0.462 e. The fourth-order valence-corrected chi connectivity index (χ4v) is 9.03. The molecule has 0 radical (unpaired) electrons. The molecule has 0 bridgehead atoms. The molecule has 1 atom stereocenters. The third-order valence-corrected chi connectivity index (χ3v) is 13.8. The van der Waals surface area contributed by atoms with Crippen molar-refractivity contribution in [3.63, 3.8) is 0 Å². The van der Waals surface area contributed by atoms with E-state index in [2.05, 4.69) is 118 Å². The summed E-state index contributed by atoms with van der Waals surface area (Å²) in [6.07, 6.45) is 85.7. The van der Waals surface area contributed by atoms with E-state index in [0.717, 1.165) is 128 Å². The zero-order chi connectivity index (χ0) is 55.0. The summed E-state index contributed by atoms with van der Waals surface area (Å²) in [5.74, 6) is -0.901. The molecule has 436 valence electrons. The Balaban J connectivity index is 4.24. The predicted octanol–water partition coefficient (Wildman–Crippen LogP) is 22.0. The maximum Gasteiger partial charge on any atom is 0.306 e. The molecule has 0 fully saturated rings. The average molecular weight is 1060 g/mol. The van der Waals surface area contributed by atoms with Gasteiger partial charge in [-0.05, 0) is 116 Å². The van der Waals surface area contributed by atoms with Gasteiger partial charge in [0, 0.05) is 19.3 Å². The quantitative estimate of drug-likeness (QED) is 0.0261. The van der Waals surface area contributed by atoms with Crippen LogP contribution in [0.25, 0.3) is 0 Å². The molecule has 6 heteroatoms. The molecule has 0 saturated carbocycles. The van der Waals surface area contributed by atoms with Crippen LogP contribution in [-0.2, 0) is 28.6 Å². The standard InChI is InChI=1S/C70H120O6/c1-4-7-10-13-16-19-22-25-28-29-30-31-32-33-34-35-36-37-38-39-40-41-43-45-48-51-54-57-60-63-69(72)75-66-67(65-74-68(71)62-59-56-53-50-47-44-27-24-21-18-15-12-9-6-3)76-70(73)64-61-58-55-52-49-46-42-26-23-20-17-14-11-8-5-2/h7-8,10-11,16-17,19-20,24-28,30-31,42,67H,4-6,9,12-15,18,21-23,29,32-41,43-66H2,1-3H3/b10-7-,11-8-,19-16-,20-17-,27-24-,28-25-,31-30-,42-26-. The monoisotopic (exact) mass is 1060 g/mol. The van der Waals surface area contributed by atoms with Crippen molar-refractivity contribution in [2.75, 3.05) is 13.2 Å². The van der Waals surface area contributed by atoms with Crippen molar-refractivity contribution in [1.82, 2.24) is 0 Å². The highest BCUT2D eigenvalue weighted by Crippen LogP contribution is 2.16. The van der Waals surface area contributed by atoms with E-state index in [1.807, 2.05) is 0 Å². The Bertz CT molecular complexity index is 1490. The summed E-state index contributed by atoms with van der Waals surface area (Å²) in [6.45, 7) is 6.41. The van der Waals surface area contributed by atoms with Gasteiger partial charge in [-0.3, -0.25) is 14.4 Å². The molecule has 0 rings (SSSR count). The van der Waals surface area contributed by atoms with E-state index in [9.17, 15) is 14.4 Å². The second kappa shape index (κ2) is 63.9. The molecule has 0 aromatic rings. The Labute approximate surface area is 470 Å². The Hall–Kier alpha value is -3.67. The lowest BCUT2D eigenvalue weighted by atomic mass is 10.0. The lowest BCUT2D eigenvalue weighted by Crippen LogP contribution is -2.30. The molecule has 0 aliphatic heterocycles. The summed E-state index contributed by atoms with van der Waals surface area (Å²) in [4.78, 5) is 38.3. The minimum absolute atomic E-state index is 0.0852. The van der Waals surface area contributed by atoms with Crippen molar-refractivity contribution in [2.24, 2.45) is 0 Å². The first kappa shape index (κ1) is 72.3. The second-order valence-electron chi connectivity index (χ2n) is 21.3. The third kappa shape index (κ3) is 61.2. The van der Waals surface area contributed by atoms with Gasteiger partial charge in [-0.25, -0.2) is 0 Å². The van der Waals surface area contributed by atoms with Gasteiger partial charge in [0.2, 0.25) is 0 Å². The van der Waals surface area contributed by atoms with Gasteiger partial charge in [-0.1, -0.05) is 272 Å². The molecule has 0 aliphatic carbocycles. The van der Waals surface area contributed by atoms with Crippen molar-refractivity contribution >= 4 is 17.9 Å². The second-order valence-corrected chi connectivity index (χ2v) is 21.3. The first-order valence-corrected chi connectivity index (χ1v) is 32.2. The van der Waals surface area contributed by atoms with E-state index in [0.29, 0.717) is 19.3 Å². The van der Waals surface area contributed by atoms with Crippen molar-refractivity contribution in [3.8, 4) is 0 Å². The molecule has 0 spiro atoms. The average Bonchev–Trinajstić information content (AvgIpc) is 3.42. The summed E-state index contributed by atoms with van der Waals surface area (Å²) in [7, 11) is 0. The van der Waals surface area contributed by atoms with Crippen LogP contribution in [0.1, 0.15) is 310 Å². The number of ether oxygens (including phenoxy) is 3. The smallest absolute Gasteiger partial charge is 0.306 e. The molecule has 0 saturated heterocycles. The maximum absolute atomic E-state index is 12.9. The minimum Gasteiger partial charge on any atom is -0.462 e. The number of unbranched alkanes of at least 4 members (excludes halogenated alkanes) is 31. The van der Waals surface area contributed by atoms with Crippen molar-refractivity contribution < 1.29 is 28.6 Å². The molecular formula is C70H120O6. The molecule has 6 nitrogen and oxygen atoms in total. The first-order valence-electron chi connectivity index (χ1n) is 32.2. The minimum atomic E-state index is -0.790. The van der Waals surface area contributed by atoms with Crippen LogP contribution in [0.5, 0.6) is 0 Å². The summed E-state index contributed by atoms with van der Waals surface area (Å²) < 4.78 is 16.9. The van der Waals surface area contributed by atoms with Crippen molar-refractivity contribution in [2.45, 2.75) is 316 Å². The molecule has 0 aromatic carbocycles. The van der Waals surface area contributed by atoms with Gasteiger partial charge in [0.15, 0.2) is 6.10 Å². The van der Waals surface area contributed by atoms with Gasteiger partial charge in [0.25, 0.3) is 0 Å². The maximum atomic E-state index is 12.9. The van der Waals surface area contributed by atoms with Gasteiger partial charge in [-0.2, -0.15) is 0 Å². The summed E-state index contributed by atoms with van der Waals surface area (Å²) in [5.41, 5.74) is 0. The van der Waals surface area contributed by atoms with Gasteiger partial charge in [0.1, 0.15) is 13.2 Å². The normalized spacial score (nSPS) is 12.7. The van der Waals surface area contributed by atoms with Crippen LogP contribution >= 0.6 is 0 Å². The number of carbonyl (C=O) groups excluding carboxylic acids is 3. The number of rotatable bonds is 58. The van der Waals surface area contributed by atoms with E-state index in [1.165, 1.54) is 141 Å². The third-order valence-electron chi connectivity index (χ3n) is 13.8. The molecule has 0 N–H and O–H groups in total. The first-order chi connectivity index (χ1) is 37.5. The summed E-state index contributed by atoms with van der Waals surface area (Å²) >= 11 is 0. The molecule has 1 unspecified atom stereocenters. The Morgan fingerprint density at radius 3 is 0.816 bits per heavy atom. The number of esters is 3. The van der Waals surface area contributed by atoms with Gasteiger partial charge < -0.3 is 14.2 Å². The van der Waals surface area contributed by atoms with E-state index in [1.54, 1.807) is 0 Å².